The molecule has 2 rings (SSSR count). The lowest BCUT2D eigenvalue weighted by molar-refractivity contribution is -0.110. The lowest BCUT2D eigenvalue weighted by atomic mass is 10.2. The Hall–Kier alpha value is -2.95. The van der Waals surface area contributed by atoms with E-state index in [2.05, 4.69) is 15.5 Å². The van der Waals surface area contributed by atoms with Gasteiger partial charge < -0.3 is 10.5 Å². The van der Waals surface area contributed by atoms with Gasteiger partial charge in [0.1, 0.15) is 0 Å². The maximum Gasteiger partial charge on any atom is 0.279 e. The summed E-state index contributed by atoms with van der Waals surface area (Å²) in [5, 5.41) is 14.9. The zero-order valence-corrected chi connectivity index (χ0v) is 13.4. The molecule has 0 saturated heterocycles. The van der Waals surface area contributed by atoms with Gasteiger partial charge in [-0.2, -0.15) is 0 Å². The summed E-state index contributed by atoms with van der Waals surface area (Å²) >= 11 is 0. The van der Waals surface area contributed by atoms with E-state index < -0.39 is 5.91 Å². The highest BCUT2D eigenvalue weighted by Gasteiger charge is 2.16. The molecule has 0 spiro atoms. The number of amides is 1. The summed E-state index contributed by atoms with van der Waals surface area (Å²) in [4.78, 5) is 16.5. The molecule has 2 N–H and O–H groups in total. The lowest BCUT2D eigenvalue weighted by Gasteiger charge is -2.07. The fourth-order valence-electron chi connectivity index (χ4n) is 1.98. The van der Waals surface area contributed by atoms with Crippen LogP contribution >= 0.6 is 0 Å². The molecule has 0 atom stereocenters. The molecule has 0 saturated carbocycles. The van der Waals surface area contributed by atoms with Crippen LogP contribution in [-0.2, 0) is 4.79 Å². The van der Waals surface area contributed by atoms with E-state index in [0.717, 1.165) is 11.1 Å². The Morgan fingerprint density at radius 2 is 1.48 bits per heavy atom. The summed E-state index contributed by atoms with van der Waals surface area (Å²) in [6.07, 6.45) is 0. The number of nitrogens with one attached hydrogen (secondary N) is 1. The normalized spacial score (nSPS) is 12.1. The van der Waals surface area contributed by atoms with Crippen molar-refractivity contribution in [3.05, 3.63) is 59.7 Å². The quantitative estimate of drug-likeness (QED) is 0.511. The van der Waals surface area contributed by atoms with Crippen molar-refractivity contribution in [2.75, 3.05) is 5.32 Å². The van der Waals surface area contributed by atoms with Gasteiger partial charge in [0.05, 0.1) is 11.4 Å². The second-order valence-electron chi connectivity index (χ2n) is 5.30. The minimum absolute atomic E-state index is 0.119. The van der Waals surface area contributed by atoms with Gasteiger partial charge in [-0.05, 0) is 45.0 Å². The average Bonchev–Trinajstić information content (AvgIpc) is 2.52. The monoisotopic (exact) mass is 309 g/mol. The molecule has 2 aromatic carbocycles. The van der Waals surface area contributed by atoms with E-state index in [4.69, 9.17) is 5.21 Å². The van der Waals surface area contributed by atoms with Crippen LogP contribution < -0.4 is 5.32 Å². The first kappa shape index (κ1) is 16.4. The highest BCUT2D eigenvalue weighted by Crippen LogP contribution is 2.14. The Labute approximate surface area is 135 Å². The maximum atomic E-state index is 12.2. The molecule has 0 unspecified atom stereocenters. The molecule has 0 heterocycles. The first-order valence-corrected chi connectivity index (χ1v) is 7.22. The number of hydrogen-bond donors (Lipinski definition) is 2. The van der Waals surface area contributed by atoms with E-state index in [1.54, 1.807) is 19.1 Å². The molecule has 0 aliphatic heterocycles. The van der Waals surface area contributed by atoms with Crippen LogP contribution in [0, 0.1) is 13.8 Å². The van der Waals surface area contributed by atoms with Crippen molar-refractivity contribution in [1.29, 1.82) is 0 Å². The third-order valence-electron chi connectivity index (χ3n) is 3.30. The van der Waals surface area contributed by atoms with Crippen molar-refractivity contribution in [2.24, 2.45) is 10.1 Å². The van der Waals surface area contributed by atoms with Crippen LogP contribution in [0.4, 0.5) is 11.4 Å². The number of nitrogens with zero attached hydrogens (tertiary/aromatic N) is 2. The van der Waals surface area contributed by atoms with Crippen molar-refractivity contribution in [3.8, 4) is 0 Å². The summed E-state index contributed by atoms with van der Waals surface area (Å²) < 4.78 is 0. The Morgan fingerprint density at radius 3 is 2.00 bits per heavy atom. The number of benzene rings is 2. The summed E-state index contributed by atoms with van der Waals surface area (Å²) in [6, 6.07) is 14.9. The Bertz CT molecular complexity index is 745. The fraction of sp³-hybridized carbons (Fsp3) is 0.167. The number of rotatable bonds is 4. The number of oxime groups is 1. The van der Waals surface area contributed by atoms with Gasteiger partial charge in [-0.25, -0.2) is 0 Å². The third-order valence-corrected chi connectivity index (χ3v) is 3.30. The first-order valence-electron chi connectivity index (χ1n) is 7.22. The van der Waals surface area contributed by atoms with Crippen LogP contribution in [0.25, 0.3) is 0 Å². The molecule has 0 fully saturated rings. The Kier molecular flexibility index (Phi) is 5.25. The first-order chi connectivity index (χ1) is 11.0. The second kappa shape index (κ2) is 7.35. The molecule has 0 bridgehead atoms. The smallest absolute Gasteiger partial charge is 0.279 e. The Balaban J connectivity index is 2.16. The van der Waals surface area contributed by atoms with Gasteiger partial charge in [0, 0.05) is 5.69 Å². The third kappa shape index (κ3) is 4.51. The van der Waals surface area contributed by atoms with Crippen molar-refractivity contribution < 1.29 is 10.0 Å². The van der Waals surface area contributed by atoms with Crippen LogP contribution in [0.1, 0.15) is 18.1 Å². The molecule has 5 nitrogen and oxygen atoms in total. The van der Waals surface area contributed by atoms with E-state index in [9.17, 15) is 4.79 Å². The van der Waals surface area contributed by atoms with Crippen LogP contribution in [0.15, 0.2) is 58.7 Å². The summed E-state index contributed by atoms with van der Waals surface area (Å²) in [7, 11) is 0. The minimum Gasteiger partial charge on any atom is -0.410 e. The number of hydrogen-bond acceptors (Lipinski definition) is 4. The zero-order valence-electron chi connectivity index (χ0n) is 13.4. The van der Waals surface area contributed by atoms with E-state index in [0.29, 0.717) is 17.1 Å². The molecule has 2 aromatic rings. The van der Waals surface area contributed by atoms with Crippen molar-refractivity contribution in [1.82, 2.24) is 0 Å². The molecular weight excluding hydrogens is 290 g/mol. The second-order valence-corrected chi connectivity index (χ2v) is 5.30. The van der Waals surface area contributed by atoms with Crippen LogP contribution in [0.5, 0.6) is 0 Å². The zero-order chi connectivity index (χ0) is 16.8. The highest BCUT2D eigenvalue weighted by molar-refractivity contribution is 6.68. The van der Waals surface area contributed by atoms with Crippen LogP contribution in [-0.4, -0.2) is 22.5 Å². The van der Waals surface area contributed by atoms with Crippen LogP contribution in [0.3, 0.4) is 0 Å². The van der Waals surface area contributed by atoms with Gasteiger partial charge >= 0.3 is 0 Å². The highest BCUT2D eigenvalue weighted by atomic mass is 16.4. The molecule has 0 aromatic heterocycles. The molecule has 5 heteroatoms. The molecule has 1 amide bonds. The molecule has 0 radical (unpaired) electrons. The topological polar surface area (TPSA) is 74.0 Å². The predicted molar refractivity (Wildman–Crippen MR) is 93.0 cm³/mol. The number of anilines is 1. The minimum atomic E-state index is -0.510. The number of carbonyl (C=O) groups is 1. The van der Waals surface area contributed by atoms with E-state index in [1.165, 1.54) is 0 Å². The van der Waals surface area contributed by atoms with Gasteiger partial charge in [0.15, 0.2) is 5.71 Å². The van der Waals surface area contributed by atoms with Gasteiger partial charge in [0.2, 0.25) is 0 Å². The summed E-state index contributed by atoms with van der Waals surface area (Å²) in [5.74, 6) is -0.510. The number of aliphatic imine (C=N–C) groups is 1. The lowest BCUT2D eigenvalue weighted by Crippen LogP contribution is -2.28. The molecule has 23 heavy (non-hydrogen) atoms. The molecule has 0 aliphatic carbocycles. The number of aryl methyl sites for hydroxylation is 2. The van der Waals surface area contributed by atoms with Crippen molar-refractivity contribution in [2.45, 2.75) is 20.8 Å². The molecule has 118 valence electrons. The summed E-state index contributed by atoms with van der Waals surface area (Å²) in [6.45, 7) is 5.57. The van der Waals surface area contributed by atoms with Crippen molar-refractivity contribution in [3.63, 3.8) is 0 Å². The van der Waals surface area contributed by atoms with Gasteiger partial charge in [-0.15, -0.1) is 0 Å². The van der Waals surface area contributed by atoms with Gasteiger partial charge in [0.25, 0.3) is 5.91 Å². The van der Waals surface area contributed by atoms with E-state index >= 15 is 0 Å². The van der Waals surface area contributed by atoms with Gasteiger partial charge in [-0.3, -0.25) is 9.79 Å². The van der Waals surface area contributed by atoms with E-state index in [1.807, 2.05) is 50.2 Å². The standard InChI is InChI=1S/C18H19N3O2/c1-12-4-8-15(9-5-12)19-14(3)17(21-23)18(22)20-16-10-6-13(2)7-11-16/h4-11,23H,1-3H3,(H,20,22)/b19-14?,21-17+. The summed E-state index contributed by atoms with van der Waals surface area (Å²) in [5.41, 5.74) is 3.75. The SMILES string of the molecule is CC(=Nc1ccc(C)cc1)/C(=N\O)C(=O)Nc1ccc(C)cc1. The largest absolute Gasteiger partial charge is 0.410 e. The van der Waals surface area contributed by atoms with Crippen molar-refractivity contribution >= 4 is 28.7 Å². The number of carbonyl (C=O) groups excluding carboxylic acids is 1. The molecular formula is C18H19N3O2. The molecule has 0 aliphatic rings. The maximum absolute atomic E-state index is 12.2. The van der Waals surface area contributed by atoms with Gasteiger partial charge in [-0.1, -0.05) is 40.5 Å². The fourth-order valence-corrected chi connectivity index (χ4v) is 1.98. The predicted octanol–water partition coefficient (Wildman–Crippen LogP) is 3.86. The average molecular weight is 309 g/mol. The Morgan fingerprint density at radius 1 is 0.957 bits per heavy atom. The van der Waals surface area contributed by atoms with E-state index in [-0.39, 0.29) is 5.71 Å². The van der Waals surface area contributed by atoms with Crippen LogP contribution in [0.2, 0.25) is 0 Å².